The van der Waals surface area contributed by atoms with Crippen LogP contribution in [0.1, 0.15) is 51.9 Å². The zero-order chi connectivity index (χ0) is 18.5. The molecule has 0 unspecified atom stereocenters. The first kappa shape index (κ1) is 22.3. The summed E-state index contributed by atoms with van der Waals surface area (Å²) in [5.74, 6) is -10.2. The van der Waals surface area contributed by atoms with Gasteiger partial charge >= 0.3 is 12.4 Å². The molecule has 0 radical (unpaired) electrons. The minimum Gasteiger partial charge on any atom is -0.207 e. The second kappa shape index (κ2) is 7.92. The lowest BCUT2D eigenvalue weighted by molar-refractivity contribution is -0.201. The van der Waals surface area contributed by atoms with Crippen molar-refractivity contribution >= 4 is 0 Å². The van der Waals surface area contributed by atoms with Crippen molar-refractivity contribution in [2.24, 2.45) is 5.92 Å². The smallest absolute Gasteiger partial charge is 0.207 e. The second-order valence-electron chi connectivity index (χ2n) is 5.71. The largest absolute Gasteiger partial charge is 0.394 e. The average Bonchev–Trinajstić information content (AvgIpc) is 2.17. The molecule has 0 heterocycles. The number of hydrogen-bond donors (Lipinski definition) is 0. The van der Waals surface area contributed by atoms with Crippen molar-refractivity contribution in [3.8, 4) is 0 Å². The van der Waals surface area contributed by atoms with E-state index in [2.05, 4.69) is 0 Å². The lowest BCUT2D eigenvalue weighted by Gasteiger charge is -2.28. The number of alkyl halides is 10. The maximum atomic E-state index is 13.3. The van der Waals surface area contributed by atoms with Crippen molar-refractivity contribution in [3.63, 3.8) is 0 Å². The Kier molecular flexibility index (Phi) is 7.67. The Hall–Kier alpha value is -0.700. The van der Waals surface area contributed by atoms with Gasteiger partial charge in [0.25, 0.3) is 11.8 Å². The van der Waals surface area contributed by atoms with Crippen LogP contribution < -0.4 is 0 Å². The van der Waals surface area contributed by atoms with Gasteiger partial charge in [0.1, 0.15) is 12.8 Å². The van der Waals surface area contributed by atoms with Crippen LogP contribution in [-0.2, 0) is 0 Å². The molecule has 0 aromatic carbocycles. The van der Waals surface area contributed by atoms with Crippen molar-refractivity contribution in [1.82, 2.24) is 0 Å². The van der Waals surface area contributed by atoms with Gasteiger partial charge in [-0.15, -0.1) is 0 Å². The zero-order valence-corrected chi connectivity index (χ0v) is 12.3. The highest BCUT2D eigenvalue weighted by Gasteiger charge is 2.48. The van der Waals surface area contributed by atoms with E-state index in [1.165, 1.54) is 0 Å². The van der Waals surface area contributed by atoms with Gasteiger partial charge in [-0.3, -0.25) is 0 Å². The Bertz CT molecular complexity index is 312. The summed E-state index contributed by atoms with van der Waals surface area (Å²) in [6.45, 7) is 1.60. The van der Waals surface area contributed by atoms with Gasteiger partial charge in [0.2, 0.25) is 0 Å². The fourth-order valence-corrected chi connectivity index (χ4v) is 2.34. The Morgan fingerprint density at radius 1 is 0.652 bits per heavy atom. The van der Waals surface area contributed by atoms with Crippen LogP contribution in [-0.4, -0.2) is 24.2 Å². The molecular weight excluding hydrogens is 346 g/mol. The van der Waals surface area contributed by atoms with E-state index in [0.717, 1.165) is 0 Å². The minimum atomic E-state index is -5.19. The quantitative estimate of drug-likeness (QED) is 0.397. The molecule has 10 heteroatoms. The summed E-state index contributed by atoms with van der Waals surface area (Å²) in [5, 5.41) is 0. The van der Waals surface area contributed by atoms with E-state index in [1.807, 2.05) is 0 Å². The van der Waals surface area contributed by atoms with Crippen LogP contribution in [0.5, 0.6) is 0 Å². The standard InChI is InChI=1S/C13H18F10/c1-2-3-4-9(5-10(14,15)7-12(18,19)20)6-11(16,17)8-13(21,22)23/h9H,2-8H2,1H3. The van der Waals surface area contributed by atoms with Crippen LogP contribution in [0.25, 0.3) is 0 Å². The highest BCUT2D eigenvalue weighted by atomic mass is 19.4. The lowest BCUT2D eigenvalue weighted by atomic mass is 9.87. The van der Waals surface area contributed by atoms with Gasteiger partial charge < -0.3 is 0 Å². The molecule has 0 amide bonds. The van der Waals surface area contributed by atoms with Gasteiger partial charge in [0.15, 0.2) is 0 Å². The van der Waals surface area contributed by atoms with Crippen LogP contribution in [0.2, 0.25) is 0 Å². The summed E-state index contributed by atoms with van der Waals surface area (Å²) in [6, 6.07) is 0. The first-order valence-electron chi connectivity index (χ1n) is 6.94. The molecule has 0 aliphatic heterocycles. The van der Waals surface area contributed by atoms with Gasteiger partial charge in [0.05, 0.1) is 0 Å². The van der Waals surface area contributed by atoms with Crippen molar-refractivity contribution in [2.75, 3.05) is 0 Å². The van der Waals surface area contributed by atoms with Gasteiger partial charge in [-0.2, -0.15) is 26.3 Å². The molecule has 140 valence electrons. The first-order valence-corrected chi connectivity index (χ1v) is 6.94. The SMILES string of the molecule is CCCCC(CC(F)(F)CC(F)(F)F)CC(F)(F)CC(F)(F)F. The van der Waals surface area contributed by atoms with E-state index < -0.39 is 55.8 Å². The number of hydrogen-bond acceptors (Lipinski definition) is 0. The van der Waals surface area contributed by atoms with Crippen molar-refractivity contribution in [1.29, 1.82) is 0 Å². The fourth-order valence-electron chi connectivity index (χ4n) is 2.34. The second-order valence-corrected chi connectivity index (χ2v) is 5.71. The summed E-state index contributed by atoms with van der Waals surface area (Å²) in [4.78, 5) is 0. The monoisotopic (exact) mass is 364 g/mol. The molecule has 0 nitrogen and oxygen atoms in total. The number of unbranched alkanes of at least 4 members (excludes halogenated alkanes) is 1. The van der Waals surface area contributed by atoms with Crippen molar-refractivity contribution in [2.45, 2.75) is 76.1 Å². The van der Waals surface area contributed by atoms with Crippen LogP contribution in [0, 0.1) is 5.92 Å². The summed E-state index contributed by atoms with van der Waals surface area (Å²) in [6.07, 6.45) is -18.1. The molecule has 23 heavy (non-hydrogen) atoms. The van der Waals surface area contributed by atoms with Gasteiger partial charge in [0, 0.05) is 12.8 Å². The molecule has 0 saturated heterocycles. The van der Waals surface area contributed by atoms with Gasteiger partial charge in [-0.1, -0.05) is 26.2 Å². The van der Waals surface area contributed by atoms with E-state index in [9.17, 15) is 43.9 Å². The Morgan fingerprint density at radius 2 is 1.00 bits per heavy atom. The Labute approximate surface area is 127 Å². The predicted octanol–water partition coefficient (Wildman–Crippen LogP) is 6.75. The molecular formula is C13H18F10. The van der Waals surface area contributed by atoms with Crippen molar-refractivity contribution in [3.05, 3.63) is 0 Å². The van der Waals surface area contributed by atoms with Gasteiger partial charge in [-0.25, -0.2) is 17.6 Å². The van der Waals surface area contributed by atoms with E-state index in [1.54, 1.807) is 6.92 Å². The van der Waals surface area contributed by atoms with E-state index in [0.29, 0.717) is 6.42 Å². The molecule has 0 aromatic heterocycles. The number of rotatable bonds is 9. The molecule has 0 bridgehead atoms. The lowest BCUT2D eigenvalue weighted by Crippen LogP contribution is -2.33. The van der Waals surface area contributed by atoms with E-state index in [4.69, 9.17) is 0 Å². The molecule has 0 aromatic rings. The Balaban J connectivity index is 4.94. The molecule has 0 atom stereocenters. The topological polar surface area (TPSA) is 0 Å². The van der Waals surface area contributed by atoms with Crippen LogP contribution in [0.4, 0.5) is 43.9 Å². The predicted molar refractivity (Wildman–Crippen MR) is 63.5 cm³/mol. The first-order chi connectivity index (χ1) is 10.1. The Morgan fingerprint density at radius 3 is 1.26 bits per heavy atom. The third kappa shape index (κ3) is 12.4. The molecule has 0 N–H and O–H groups in total. The van der Waals surface area contributed by atoms with E-state index in [-0.39, 0.29) is 12.8 Å². The van der Waals surface area contributed by atoms with Crippen molar-refractivity contribution < 1.29 is 43.9 Å². The van der Waals surface area contributed by atoms with Gasteiger partial charge in [-0.05, 0) is 5.92 Å². The molecule has 0 spiro atoms. The summed E-state index contributed by atoms with van der Waals surface area (Å²) in [7, 11) is 0. The zero-order valence-electron chi connectivity index (χ0n) is 12.3. The van der Waals surface area contributed by atoms with Crippen LogP contribution in [0.3, 0.4) is 0 Å². The molecule has 0 fully saturated rings. The maximum Gasteiger partial charge on any atom is 0.394 e. The number of halogens is 10. The third-order valence-corrected chi connectivity index (χ3v) is 3.06. The molecule has 0 rings (SSSR count). The summed E-state index contributed by atoms with van der Waals surface area (Å²) < 4.78 is 126. The minimum absolute atomic E-state index is 0.162. The molecule has 0 aliphatic carbocycles. The highest BCUT2D eigenvalue weighted by molar-refractivity contribution is 4.81. The maximum absolute atomic E-state index is 13.3. The van der Waals surface area contributed by atoms with Crippen LogP contribution in [0.15, 0.2) is 0 Å². The highest BCUT2D eigenvalue weighted by Crippen LogP contribution is 2.42. The van der Waals surface area contributed by atoms with Crippen LogP contribution >= 0.6 is 0 Å². The average molecular weight is 364 g/mol. The molecule has 0 aliphatic rings. The summed E-state index contributed by atoms with van der Waals surface area (Å²) >= 11 is 0. The summed E-state index contributed by atoms with van der Waals surface area (Å²) in [5.41, 5.74) is 0. The normalized spacial score (nSPS) is 14.6. The fraction of sp³-hybridized carbons (Fsp3) is 1.00. The van der Waals surface area contributed by atoms with E-state index >= 15 is 0 Å². The third-order valence-electron chi connectivity index (χ3n) is 3.06. The molecule has 0 saturated carbocycles.